The van der Waals surface area contributed by atoms with Crippen LogP contribution in [0.15, 0.2) is 0 Å². The minimum absolute atomic E-state index is 0.123. The quantitative estimate of drug-likeness (QED) is 0.459. The maximum absolute atomic E-state index is 5.72. The van der Waals surface area contributed by atoms with Crippen LogP contribution < -0.4 is 0 Å². The Kier molecular flexibility index (Phi) is 2.93. The molecule has 2 radical (unpaired) electrons. The van der Waals surface area contributed by atoms with Crippen molar-refractivity contribution in [3.05, 3.63) is 0 Å². The Morgan fingerprint density at radius 2 is 2.18 bits per heavy atom. The molecule has 0 aromatic heterocycles. The minimum Gasteiger partial charge on any atom is -0.353 e. The van der Waals surface area contributed by atoms with Gasteiger partial charge in [-0.05, 0) is 31.8 Å². The number of thiol groups is 1. The van der Waals surface area contributed by atoms with Crippen LogP contribution in [0.25, 0.3) is 0 Å². The largest absolute Gasteiger partial charge is 0.353 e. The average molecular weight is 169 g/mol. The lowest BCUT2D eigenvalue weighted by atomic mass is 9.86. The summed E-state index contributed by atoms with van der Waals surface area (Å²) in [5.41, 5.74) is 0. The third-order valence-electron chi connectivity index (χ3n) is 2.45. The van der Waals surface area contributed by atoms with Crippen molar-refractivity contribution < 1.29 is 0 Å². The normalized spacial score (nSPS) is 28.8. The second kappa shape index (κ2) is 3.40. The van der Waals surface area contributed by atoms with Crippen LogP contribution in [0.5, 0.6) is 0 Å². The molecule has 0 spiro atoms. The van der Waals surface area contributed by atoms with Gasteiger partial charge in [-0.15, -0.1) is 0 Å². The molecule has 0 aliphatic carbocycles. The van der Waals surface area contributed by atoms with Gasteiger partial charge in [-0.3, -0.25) is 0 Å². The number of piperidine rings is 1. The summed E-state index contributed by atoms with van der Waals surface area (Å²) in [5.74, 6) is 0.643. The molecular weight excluding hydrogens is 153 g/mol. The van der Waals surface area contributed by atoms with Gasteiger partial charge >= 0.3 is 0 Å². The third-order valence-corrected chi connectivity index (χ3v) is 2.82. The van der Waals surface area contributed by atoms with Gasteiger partial charge in [-0.25, -0.2) is 0 Å². The molecule has 0 N–H and O–H groups in total. The van der Waals surface area contributed by atoms with Gasteiger partial charge in [0.2, 0.25) is 0 Å². The van der Waals surface area contributed by atoms with Gasteiger partial charge in [0.1, 0.15) is 0 Å². The average Bonchev–Trinajstić information content (AvgIpc) is 1.86. The highest BCUT2D eigenvalue weighted by molar-refractivity contribution is 7.81. The Hall–Kier alpha value is 0.375. The van der Waals surface area contributed by atoms with E-state index in [1.165, 1.54) is 12.8 Å². The van der Waals surface area contributed by atoms with E-state index in [0.29, 0.717) is 5.92 Å². The fourth-order valence-electron chi connectivity index (χ4n) is 1.58. The number of nitrogens with zero attached hydrogens (tertiary/aromatic N) is 1. The molecule has 1 saturated heterocycles. The Balaban J connectivity index is 2.46. The predicted octanol–water partition coefficient (Wildman–Crippen LogP) is 1.49. The van der Waals surface area contributed by atoms with Crippen LogP contribution in [0.3, 0.4) is 0 Å². The summed E-state index contributed by atoms with van der Waals surface area (Å²) in [7, 11) is 5.72. The van der Waals surface area contributed by atoms with Gasteiger partial charge in [0.05, 0.1) is 0 Å². The van der Waals surface area contributed by atoms with Crippen molar-refractivity contribution in [1.29, 1.82) is 0 Å². The van der Waals surface area contributed by atoms with Gasteiger partial charge in [0.15, 0.2) is 7.98 Å². The van der Waals surface area contributed by atoms with Crippen molar-refractivity contribution in [3.63, 3.8) is 0 Å². The first-order chi connectivity index (χ1) is 5.00. The van der Waals surface area contributed by atoms with E-state index in [4.69, 9.17) is 7.98 Å². The molecular formula is C8H16BNS. The van der Waals surface area contributed by atoms with E-state index in [9.17, 15) is 0 Å². The van der Waals surface area contributed by atoms with Gasteiger partial charge in [-0.1, -0.05) is 13.8 Å². The zero-order valence-electron chi connectivity index (χ0n) is 7.38. The van der Waals surface area contributed by atoms with Gasteiger partial charge in [0, 0.05) is 4.75 Å². The molecule has 1 fully saturated rings. The van der Waals surface area contributed by atoms with Crippen LogP contribution in [0.4, 0.5) is 0 Å². The van der Waals surface area contributed by atoms with Crippen LogP contribution in [0.2, 0.25) is 0 Å². The molecule has 62 valence electrons. The molecule has 1 nitrogen and oxygen atoms in total. The van der Waals surface area contributed by atoms with Crippen molar-refractivity contribution in [1.82, 2.24) is 4.81 Å². The van der Waals surface area contributed by atoms with E-state index < -0.39 is 0 Å². The smallest absolute Gasteiger partial charge is 0.182 e. The Morgan fingerprint density at radius 3 is 2.55 bits per heavy atom. The highest BCUT2D eigenvalue weighted by Gasteiger charge is 2.28. The van der Waals surface area contributed by atoms with Gasteiger partial charge in [-0.2, -0.15) is 12.6 Å². The van der Waals surface area contributed by atoms with E-state index in [1.807, 2.05) is 4.81 Å². The van der Waals surface area contributed by atoms with Crippen molar-refractivity contribution in [2.24, 2.45) is 5.92 Å². The van der Waals surface area contributed by atoms with Crippen LogP contribution >= 0.6 is 12.6 Å². The standard InChI is InChI=1S/C8H16BNS/c1-8(2,11)7-4-3-5-10(9)6-7/h7,11H,3-6H2,1-2H3. The SMILES string of the molecule is [B]N1CCCC(C(C)(C)S)C1. The molecule has 3 heteroatoms. The van der Waals surface area contributed by atoms with Crippen molar-refractivity contribution >= 4 is 20.6 Å². The van der Waals surface area contributed by atoms with Crippen molar-refractivity contribution in [2.75, 3.05) is 13.1 Å². The molecule has 1 heterocycles. The molecule has 0 aromatic rings. The zero-order valence-corrected chi connectivity index (χ0v) is 8.27. The fraction of sp³-hybridized carbons (Fsp3) is 1.00. The minimum atomic E-state index is 0.123. The molecule has 1 rings (SSSR count). The summed E-state index contributed by atoms with van der Waals surface area (Å²) in [4.78, 5) is 1.91. The van der Waals surface area contributed by atoms with Crippen LogP contribution in [-0.4, -0.2) is 30.6 Å². The van der Waals surface area contributed by atoms with Crippen LogP contribution in [-0.2, 0) is 0 Å². The first-order valence-electron chi connectivity index (χ1n) is 4.22. The van der Waals surface area contributed by atoms with Crippen molar-refractivity contribution in [2.45, 2.75) is 31.4 Å². The van der Waals surface area contributed by atoms with Crippen LogP contribution in [0.1, 0.15) is 26.7 Å². The van der Waals surface area contributed by atoms with Gasteiger partial charge < -0.3 is 4.81 Å². The molecule has 1 unspecified atom stereocenters. The van der Waals surface area contributed by atoms with Crippen LogP contribution in [0, 0.1) is 5.92 Å². The summed E-state index contributed by atoms with van der Waals surface area (Å²) in [6.45, 7) is 6.37. The lowest BCUT2D eigenvalue weighted by Gasteiger charge is -2.37. The molecule has 1 atom stereocenters. The molecule has 0 saturated carbocycles. The fourth-order valence-corrected chi connectivity index (χ4v) is 1.79. The molecule has 0 aromatic carbocycles. The number of hydrogen-bond acceptors (Lipinski definition) is 2. The van der Waals surface area contributed by atoms with E-state index in [0.717, 1.165) is 13.1 Å². The molecule has 11 heavy (non-hydrogen) atoms. The maximum atomic E-state index is 5.72. The predicted molar refractivity (Wildman–Crippen MR) is 53.1 cm³/mol. The van der Waals surface area contributed by atoms with Gasteiger partial charge in [0.25, 0.3) is 0 Å². The monoisotopic (exact) mass is 169 g/mol. The second-order valence-corrected chi connectivity index (χ2v) is 5.14. The van der Waals surface area contributed by atoms with Crippen molar-refractivity contribution in [3.8, 4) is 0 Å². The molecule has 1 aliphatic heterocycles. The third kappa shape index (κ3) is 2.71. The Labute approximate surface area is 76.4 Å². The Morgan fingerprint density at radius 1 is 1.55 bits per heavy atom. The number of hydrogen-bond donors (Lipinski definition) is 1. The highest BCUT2D eigenvalue weighted by Crippen LogP contribution is 2.30. The lowest BCUT2D eigenvalue weighted by molar-refractivity contribution is 0.242. The summed E-state index contributed by atoms with van der Waals surface area (Å²) < 4.78 is 0.123. The summed E-state index contributed by atoms with van der Waals surface area (Å²) in [6, 6.07) is 0. The summed E-state index contributed by atoms with van der Waals surface area (Å²) >= 11 is 4.56. The topological polar surface area (TPSA) is 3.24 Å². The summed E-state index contributed by atoms with van der Waals surface area (Å²) in [5, 5.41) is 0. The summed E-state index contributed by atoms with van der Waals surface area (Å²) in [6.07, 6.45) is 2.48. The first kappa shape index (κ1) is 9.46. The van der Waals surface area contributed by atoms with E-state index >= 15 is 0 Å². The maximum Gasteiger partial charge on any atom is 0.182 e. The molecule has 0 bridgehead atoms. The number of rotatable bonds is 1. The molecule has 0 amide bonds. The molecule has 1 aliphatic rings. The zero-order chi connectivity index (χ0) is 8.48. The van der Waals surface area contributed by atoms with E-state index in [1.54, 1.807) is 0 Å². The Bertz CT molecular complexity index is 133. The van der Waals surface area contributed by atoms with E-state index in [-0.39, 0.29) is 4.75 Å². The van der Waals surface area contributed by atoms with E-state index in [2.05, 4.69) is 26.5 Å². The highest BCUT2D eigenvalue weighted by atomic mass is 32.1. The second-order valence-electron chi connectivity index (χ2n) is 3.99. The first-order valence-corrected chi connectivity index (χ1v) is 4.67. The lowest BCUT2D eigenvalue weighted by Crippen LogP contribution is -2.40.